The van der Waals surface area contributed by atoms with Gasteiger partial charge >= 0.3 is 0 Å². The molecule has 0 aliphatic rings. The summed E-state index contributed by atoms with van der Waals surface area (Å²) in [5.74, 6) is 1.71. The van der Waals surface area contributed by atoms with E-state index in [-0.39, 0.29) is 5.88 Å². The minimum Gasteiger partial charge on any atom is -0.494 e. The van der Waals surface area contributed by atoms with Crippen molar-refractivity contribution < 1.29 is 9.84 Å². The summed E-state index contributed by atoms with van der Waals surface area (Å²) in [6.45, 7) is 0.519. The third-order valence-electron chi connectivity index (χ3n) is 5.16. The highest BCUT2D eigenvalue weighted by molar-refractivity contribution is 6.36. The van der Waals surface area contributed by atoms with E-state index in [1.165, 1.54) is 0 Å². The Morgan fingerprint density at radius 2 is 1.65 bits per heavy atom. The van der Waals surface area contributed by atoms with Gasteiger partial charge in [0.25, 0.3) is 0 Å². The first kappa shape index (κ1) is 19.2. The molecule has 5 heteroatoms. The Hall–Kier alpha value is -3.76. The summed E-state index contributed by atoms with van der Waals surface area (Å²) in [6, 6.07) is 25.3. The van der Waals surface area contributed by atoms with E-state index in [0.717, 1.165) is 33.6 Å². The van der Waals surface area contributed by atoms with Crippen molar-refractivity contribution in [3.8, 4) is 28.5 Å². The van der Waals surface area contributed by atoms with Crippen molar-refractivity contribution in [3.05, 3.63) is 108 Å². The number of fused-ring (bicyclic) bond motifs is 1. The molecule has 0 radical (unpaired) electrons. The van der Waals surface area contributed by atoms with E-state index in [1.54, 1.807) is 17.0 Å². The predicted octanol–water partition coefficient (Wildman–Crippen LogP) is 6.90. The summed E-state index contributed by atoms with van der Waals surface area (Å²) in [6.07, 6.45) is 5.46. The van der Waals surface area contributed by atoms with Gasteiger partial charge < -0.3 is 14.4 Å². The number of nitrogens with zero attached hydrogens (tertiary/aromatic N) is 2. The Labute approximate surface area is 184 Å². The van der Waals surface area contributed by atoms with E-state index < -0.39 is 0 Å². The maximum absolute atomic E-state index is 10.8. The predicted molar refractivity (Wildman–Crippen MR) is 124 cm³/mol. The molecule has 0 atom stereocenters. The SMILES string of the molecule is Oc1c2c(Cl)cc(-c3cccnc3)cc2cn1Cc1ccc(Oc2ccccc2)cc1. The quantitative estimate of drug-likeness (QED) is 0.332. The minimum atomic E-state index is 0.155. The molecule has 5 aromatic rings. The van der Waals surface area contributed by atoms with Crippen molar-refractivity contribution in [2.24, 2.45) is 0 Å². The van der Waals surface area contributed by atoms with Crippen LogP contribution in [0.4, 0.5) is 0 Å². The third-order valence-corrected chi connectivity index (χ3v) is 5.46. The van der Waals surface area contributed by atoms with Crippen molar-refractivity contribution in [2.75, 3.05) is 0 Å². The molecule has 0 bridgehead atoms. The van der Waals surface area contributed by atoms with Crippen LogP contribution in [0.3, 0.4) is 0 Å². The van der Waals surface area contributed by atoms with Crippen molar-refractivity contribution >= 4 is 22.4 Å². The van der Waals surface area contributed by atoms with Gasteiger partial charge in [0.1, 0.15) is 11.5 Å². The maximum atomic E-state index is 10.8. The van der Waals surface area contributed by atoms with Gasteiger partial charge in [-0.15, -0.1) is 0 Å². The van der Waals surface area contributed by atoms with Gasteiger partial charge in [0.15, 0.2) is 0 Å². The molecular weight excluding hydrogens is 408 g/mol. The van der Waals surface area contributed by atoms with Gasteiger partial charge in [-0.3, -0.25) is 4.98 Å². The largest absolute Gasteiger partial charge is 0.494 e. The Kier molecular flexibility index (Phi) is 5.06. The van der Waals surface area contributed by atoms with Crippen LogP contribution in [0.5, 0.6) is 17.4 Å². The smallest absolute Gasteiger partial charge is 0.200 e. The van der Waals surface area contributed by atoms with E-state index in [2.05, 4.69) is 4.98 Å². The number of halogens is 1. The summed E-state index contributed by atoms with van der Waals surface area (Å²) in [5.41, 5.74) is 2.98. The summed E-state index contributed by atoms with van der Waals surface area (Å²) in [5, 5.41) is 12.8. The lowest BCUT2D eigenvalue weighted by molar-refractivity contribution is 0.430. The van der Waals surface area contributed by atoms with Gasteiger partial charge in [-0.05, 0) is 53.6 Å². The Morgan fingerprint density at radius 1 is 0.871 bits per heavy atom. The molecule has 5 rings (SSSR count). The van der Waals surface area contributed by atoms with Crippen LogP contribution in [0.25, 0.3) is 21.9 Å². The molecular formula is C26H19ClN2O2. The number of aromatic hydroxyl groups is 1. The Bertz CT molecular complexity index is 1330. The van der Waals surface area contributed by atoms with Crippen LogP contribution in [0, 0.1) is 0 Å². The third kappa shape index (κ3) is 3.98. The first-order chi connectivity index (χ1) is 15.2. The van der Waals surface area contributed by atoms with E-state index in [4.69, 9.17) is 16.3 Å². The van der Waals surface area contributed by atoms with Crippen LogP contribution in [0.2, 0.25) is 5.02 Å². The van der Waals surface area contributed by atoms with Gasteiger partial charge in [0, 0.05) is 29.5 Å². The summed E-state index contributed by atoms with van der Waals surface area (Å²) in [7, 11) is 0. The molecule has 3 aromatic carbocycles. The number of benzene rings is 3. The second-order valence-corrected chi connectivity index (χ2v) is 7.71. The van der Waals surface area contributed by atoms with Crippen LogP contribution >= 0.6 is 11.6 Å². The number of aromatic nitrogens is 2. The molecule has 2 heterocycles. The Balaban J connectivity index is 1.41. The molecule has 0 spiro atoms. The average Bonchev–Trinajstić information content (AvgIpc) is 3.12. The molecule has 0 aliphatic carbocycles. The number of hydrogen-bond donors (Lipinski definition) is 1. The van der Waals surface area contributed by atoms with Gasteiger partial charge in [0.05, 0.1) is 17.0 Å². The van der Waals surface area contributed by atoms with Crippen LogP contribution in [-0.4, -0.2) is 14.7 Å². The lowest BCUT2D eigenvalue weighted by atomic mass is 10.1. The first-order valence-corrected chi connectivity index (χ1v) is 10.3. The van der Waals surface area contributed by atoms with Crippen LogP contribution in [-0.2, 0) is 6.54 Å². The summed E-state index contributed by atoms with van der Waals surface area (Å²) < 4.78 is 7.65. The number of pyridine rings is 1. The molecule has 31 heavy (non-hydrogen) atoms. The molecule has 0 unspecified atom stereocenters. The van der Waals surface area contributed by atoms with Crippen molar-refractivity contribution in [2.45, 2.75) is 6.54 Å². The van der Waals surface area contributed by atoms with E-state index >= 15 is 0 Å². The monoisotopic (exact) mass is 426 g/mol. The molecule has 0 saturated carbocycles. The van der Waals surface area contributed by atoms with E-state index in [9.17, 15) is 5.11 Å². The molecule has 0 amide bonds. The van der Waals surface area contributed by atoms with Crippen LogP contribution in [0.1, 0.15) is 5.56 Å². The lowest BCUT2D eigenvalue weighted by Gasteiger charge is -2.08. The molecule has 4 nitrogen and oxygen atoms in total. The van der Waals surface area contributed by atoms with Crippen molar-refractivity contribution in [1.29, 1.82) is 0 Å². The second kappa shape index (κ2) is 8.17. The van der Waals surface area contributed by atoms with E-state index in [1.807, 2.05) is 85.1 Å². The number of hydrogen-bond acceptors (Lipinski definition) is 3. The molecule has 0 saturated heterocycles. The fourth-order valence-electron chi connectivity index (χ4n) is 3.64. The molecule has 2 aromatic heterocycles. The summed E-state index contributed by atoms with van der Waals surface area (Å²) >= 11 is 6.52. The number of para-hydroxylation sites is 1. The zero-order valence-corrected chi connectivity index (χ0v) is 17.3. The van der Waals surface area contributed by atoms with Crippen LogP contribution in [0.15, 0.2) is 97.5 Å². The zero-order valence-electron chi connectivity index (χ0n) is 16.6. The average molecular weight is 427 g/mol. The van der Waals surface area contributed by atoms with Crippen LogP contribution < -0.4 is 4.74 Å². The van der Waals surface area contributed by atoms with Gasteiger partial charge in [0.2, 0.25) is 5.88 Å². The fourth-order valence-corrected chi connectivity index (χ4v) is 3.95. The zero-order chi connectivity index (χ0) is 21.2. The molecule has 0 fully saturated rings. The summed E-state index contributed by atoms with van der Waals surface area (Å²) in [4.78, 5) is 4.17. The number of rotatable bonds is 5. The van der Waals surface area contributed by atoms with Gasteiger partial charge in [-0.1, -0.05) is 48.0 Å². The maximum Gasteiger partial charge on any atom is 0.200 e. The van der Waals surface area contributed by atoms with E-state index in [0.29, 0.717) is 17.0 Å². The minimum absolute atomic E-state index is 0.155. The number of ether oxygens (including phenoxy) is 1. The fraction of sp³-hybridized carbons (Fsp3) is 0.0385. The molecule has 0 aliphatic heterocycles. The lowest BCUT2D eigenvalue weighted by Crippen LogP contribution is -1.97. The highest BCUT2D eigenvalue weighted by Crippen LogP contribution is 2.37. The second-order valence-electron chi connectivity index (χ2n) is 7.30. The van der Waals surface area contributed by atoms with Gasteiger partial charge in [-0.25, -0.2) is 0 Å². The van der Waals surface area contributed by atoms with Crippen molar-refractivity contribution in [3.63, 3.8) is 0 Å². The first-order valence-electron chi connectivity index (χ1n) is 9.91. The Morgan fingerprint density at radius 3 is 2.39 bits per heavy atom. The molecule has 1 N–H and O–H groups in total. The molecule has 152 valence electrons. The highest BCUT2D eigenvalue weighted by atomic mass is 35.5. The standard InChI is InChI=1S/C26H19ClN2O2/c27-24-14-20(19-5-4-12-28-15-19)13-21-17-29(26(30)25(21)24)16-18-8-10-23(11-9-18)31-22-6-2-1-3-7-22/h1-15,17,30H,16H2. The highest BCUT2D eigenvalue weighted by Gasteiger charge is 2.14. The topological polar surface area (TPSA) is 47.3 Å². The van der Waals surface area contributed by atoms with Gasteiger partial charge in [-0.2, -0.15) is 0 Å². The normalized spacial score (nSPS) is 11.0. The van der Waals surface area contributed by atoms with Crippen molar-refractivity contribution in [1.82, 2.24) is 9.55 Å².